The van der Waals surface area contributed by atoms with Crippen molar-refractivity contribution in [3.8, 4) is 0 Å². The van der Waals surface area contributed by atoms with Crippen LogP contribution in [0.4, 0.5) is 5.82 Å². The number of H-pyrrole nitrogens is 2. The lowest BCUT2D eigenvalue weighted by Crippen LogP contribution is -2.22. The van der Waals surface area contributed by atoms with E-state index >= 15 is 0 Å². The SMILES string of the molecule is N[13c]1[13cH][13c](=O)[nH]c(=O)[nH]1. The molecule has 4 N–H and O–H groups in total. The molecule has 0 atom stereocenters. The summed E-state index contributed by atoms with van der Waals surface area (Å²) in [7, 11) is 0. The van der Waals surface area contributed by atoms with Gasteiger partial charge in [-0.1, -0.05) is 0 Å². The van der Waals surface area contributed by atoms with Crippen LogP contribution in [0.5, 0.6) is 0 Å². The van der Waals surface area contributed by atoms with E-state index in [9.17, 15) is 9.59 Å². The molecule has 1 aromatic heterocycles. The second-order valence-corrected chi connectivity index (χ2v) is 1.54. The van der Waals surface area contributed by atoms with Crippen molar-refractivity contribution in [2.24, 2.45) is 0 Å². The van der Waals surface area contributed by atoms with Gasteiger partial charge in [0.05, 0.1) is 0 Å². The van der Waals surface area contributed by atoms with Crippen molar-refractivity contribution >= 4 is 5.82 Å². The highest BCUT2D eigenvalue weighted by Crippen LogP contribution is 1.77. The predicted molar refractivity (Wildman–Crippen MR) is 32.1 cm³/mol. The summed E-state index contributed by atoms with van der Waals surface area (Å²) in [6, 6.07) is 1.10. The fourth-order valence-corrected chi connectivity index (χ4v) is 0.488. The maximum atomic E-state index is 10.4. The van der Waals surface area contributed by atoms with Gasteiger partial charge in [0.2, 0.25) is 0 Å². The lowest BCUT2D eigenvalue weighted by molar-refractivity contribution is 1.05. The van der Waals surface area contributed by atoms with Crippen molar-refractivity contribution in [3.63, 3.8) is 0 Å². The molecule has 0 aliphatic carbocycles. The number of aromatic nitrogens is 2. The molecule has 0 bridgehead atoms. The highest BCUT2D eigenvalue weighted by molar-refractivity contribution is 5.22. The maximum Gasteiger partial charge on any atom is 0.327 e. The number of nitrogen functional groups attached to an aromatic ring is 1. The van der Waals surface area contributed by atoms with Gasteiger partial charge in [0.15, 0.2) is 0 Å². The Morgan fingerprint density at radius 1 is 1.33 bits per heavy atom. The molecule has 1 rings (SSSR count). The van der Waals surface area contributed by atoms with Gasteiger partial charge < -0.3 is 5.73 Å². The van der Waals surface area contributed by atoms with E-state index in [1.807, 2.05) is 4.98 Å². The van der Waals surface area contributed by atoms with E-state index < -0.39 is 11.2 Å². The Morgan fingerprint density at radius 3 is 2.44 bits per heavy atom. The first-order chi connectivity index (χ1) is 4.18. The van der Waals surface area contributed by atoms with Gasteiger partial charge in [0.25, 0.3) is 5.56 Å². The second kappa shape index (κ2) is 1.77. The number of rotatable bonds is 0. The first-order valence-electron chi connectivity index (χ1n) is 2.27. The molecule has 0 fully saturated rings. The van der Waals surface area contributed by atoms with Gasteiger partial charge in [0, 0.05) is 6.07 Å². The number of anilines is 1. The van der Waals surface area contributed by atoms with Crippen LogP contribution >= 0.6 is 0 Å². The topological polar surface area (TPSA) is 91.7 Å². The molecule has 1 aromatic rings. The van der Waals surface area contributed by atoms with Crippen molar-refractivity contribution in [2.45, 2.75) is 0 Å². The van der Waals surface area contributed by atoms with Gasteiger partial charge in [0.1, 0.15) is 5.82 Å². The Bertz CT molecular complexity index is 282. The number of nitrogens with two attached hydrogens (primary N) is 1. The summed E-state index contributed by atoms with van der Waals surface area (Å²) in [5.41, 5.74) is 4.01. The van der Waals surface area contributed by atoms with Crippen LogP contribution in [0, 0.1) is 0 Å². The van der Waals surface area contributed by atoms with Crippen LogP contribution in [0.1, 0.15) is 0 Å². The van der Waals surface area contributed by atoms with Gasteiger partial charge >= 0.3 is 5.69 Å². The van der Waals surface area contributed by atoms with E-state index in [1.165, 1.54) is 0 Å². The van der Waals surface area contributed by atoms with Crippen molar-refractivity contribution in [1.82, 2.24) is 9.97 Å². The fraction of sp³-hybridized carbons (Fsp3) is 0. The zero-order valence-electron chi connectivity index (χ0n) is 4.47. The normalized spacial score (nSPS) is 9.33. The molecule has 5 nitrogen and oxygen atoms in total. The zero-order valence-corrected chi connectivity index (χ0v) is 4.47. The highest BCUT2D eigenvalue weighted by atomic mass is 16.2. The van der Waals surface area contributed by atoms with Crippen LogP contribution in [0.2, 0.25) is 0 Å². The molecule has 0 amide bonds. The quantitative estimate of drug-likeness (QED) is 0.405. The predicted octanol–water partition coefficient (Wildman–Crippen LogP) is -1.35. The molecule has 0 radical (unpaired) electrons. The summed E-state index contributed by atoms with van der Waals surface area (Å²) < 4.78 is 0. The summed E-state index contributed by atoms with van der Waals surface area (Å²) in [4.78, 5) is 24.8. The summed E-state index contributed by atoms with van der Waals surface area (Å²) in [6.07, 6.45) is 0. The number of aromatic amines is 2. The van der Waals surface area contributed by atoms with Gasteiger partial charge in [-0.3, -0.25) is 14.8 Å². The van der Waals surface area contributed by atoms with Gasteiger partial charge in [-0.05, 0) is 0 Å². The Kier molecular flexibility index (Phi) is 1.11. The molecule has 1 heterocycles. The maximum absolute atomic E-state index is 10.4. The third kappa shape index (κ3) is 1.18. The highest BCUT2D eigenvalue weighted by Gasteiger charge is 1.86. The van der Waals surface area contributed by atoms with Crippen LogP contribution < -0.4 is 17.0 Å². The van der Waals surface area contributed by atoms with E-state index in [0.717, 1.165) is 6.07 Å². The fourth-order valence-electron chi connectivity index (χ4n) is 0.488. The zero-order chi connectivity index (χ0) is 6.85. The van der Waals surface area contributed by atoms with Crippen molar-refractivity contribution in [1.29, 1.82) is 0 Å². The molecule has 48 valence electrons. The molecule has 0 saturated heterocycles. The van der Waals surface area contributed by atoms with Gasteiger partial charge in [-0.15, -0.1) is 0 Å². The average Bonchev–Trinajstić information content (AvgIpc) is 1.59. The third-order valence-electron chi connectivity index (χ3n) is 0.781. The first kappa shape index (κ1) is 5.61. The lowest BCUT2D eigenvalue weighted by atomic mass is 11.2. The number of nitrogens with one attached hydrogen (secondary N) is 2. The summed E-state index contributed by atoms with van der Waals surface area (Å²) in [5.74, 6) is 0.0729. The smallest absolute Gasteiger partial charge is 0.327 e. The van der Waals surface area contributed by atoms with Crippen LogP contribution in [0.15, 0.2) is 15.7 Å². The summed E-state index contributed by atoms with van der Waals surface area (Å²) in [6.45, 7) is 0. The minimum absolute atomic E-state index is 0.0729. The molecule has 9 heavy (non-hydrogen) atoms. The standard InChI is InChI=1S/C4H5N3O2/c5-2-1-3(8)7-4(9)6-2/h1H,(H4,5,6,7,8,9)/i1+1,2+1,3+1. The van der Waals surface area contributed by atoms with E-state index in [1.54, 1.807) is 0 Å². The number of hydrogen-bond acceptors (Lipinski definition) is 3. The molecule has 0 unspecified atom stereocenters. The Hall–Kier alpha value is -1.52. The third-order valence-corrected chi connectivity index (χ3v) is 0.781. The molecular weight excluding hydrogens is 125 g/mol. The van der Waals surface area contributed by atoms with E-state index in [0.29, 0.717) is 0 Å². The van der Waals surface area contributed by atoms with E-state index in [4.69, 9.17) is 5.73 Å². The van der Waals surface area contributed by atoms with Crippen molar-refractivity contribution in [3.05, 3.63) is 26.9 Å². The average molecular weight is 130 g/mol. The van der Waals surface area contributed by atoms with Crippen LogP contribution in [-0.2, 0) is 0 Å². The molecule has 0 aliphatic rings. The van der Waals surface area contributed by atoms with Crippen LogP contribution in [-0.4, -0.2) is 9.97 Å². The first-order valence-corrected chi connectivity index (χ1v) is 2.27. The minimum atomic E-state index is -0.583. The van der Waals surface area contributed by atoms with Crippen molar-refractivity contribution < 1.29 is 0 Å². The van der Waals surface area contributed by atoms with Gasteiger partial charge in [-0.25, -0.2) is 4.79 Å². The molecular formula is C4H5N3O2. The van der Waals surface area contributed by atoms with Crippen molar-refractivity contribution in [2.75, 3.05) is 5.73 Å². The Morgan fingerprint density at radius 2 is 2.00 bits per heavy atom. The van der Waals surface area contributed by atoms with E-state index in [2.05, 4.69) is 4.98 Å². The Balaban J connectivity index is 3.52. The van der Waals surface area contributed by atoms with Crippen LogP contribution in [0.3, 0.4) is 0 Å². The number of hydrogen-bond donors (Lipinski definition) is 3. The molecule has 0 spiro atoms. The lowest BCUT2D eigenvalue weighted by Gasteiger charge is -1.85. The molecule has 0 aliphatic heterocycles. The summed E-state index contributed by atoms with van der Waals surface area (Å²) >= 11 is 0. The summed E-state index contributed by atoms with van der Waals surface area (Å²) in [5, 5.41) is 0. The second-order valence-electron chi connectivity index (χ2n) is 1.54. The molecule has 0 aromatic carbocycles. The molecule has 0 saturated carbocycles. The van der Waals surface area contributed by atoms with Gasteiger partial charge in [-0.2, -0.15) is 0 Å². The minimum Gasteiger partial charge on any atom is -0.385 e. The molecule has 5 heteroatoms. The monoisotopic (exact) mass is 130 g/mol. The Labute approximate surface area is 49.5 Å². The van der Waals surface area contributed by atoms with E-state index in [-0.39, 0.29) is 5.82 Å². The largest absolute Gasteiger partial charge is 0.385 e. The van der Waals surface area contributed by atoms with Crippen LogP contribution in [0.25, 0.3) is 0 Å².